The van der Waals surface area contributed by atoms with Gasteiger partial charge in [-0.3, -0.25) is 0 Å². The molecule has 4 nitrogen and oxygen atoms in total. The molecule has 0 atom stereocenters. The van der Waals surface area contributed by atoms with Crippen molar-refractivity contribution < 1.29 is 9.53 Å². The molecule has 1 fully saturated rings. The van der Waals surface area contributed by atoms with Gasteiger partial charge in [0.05, 0.1) is 6.61 Å². The van der Waals surface area contributed by atoms with E-state index >= 15 is 0 Å². The van der Waals surface area contributed by atoms with Crippen LogP contribution in [0.25, 0.3) is 0 Å². The van der Waals surface area contributed by atoms with Crippen LogP contribution in [0.15, 0.2) is 0 Å². The van der Waals surface area contributed by atoms with Gasteiger partial charge in [0.1, 0.15) is 0 Å². The van der Waals surface area contributed by atoms with Crippen LogP contribution in [0.5, 0.6) is 0 Å². The van der Waals surface area contributed by atoms with Crippen molar-refractivity contribution in [1.29, 1.82) is 0 Å². The lowest BCUT2D eigenvalue weighted by atomic mass is 9.96. The second-order valence-corrected chi connectivity index (χ2v) is 4.56. The fourth-order valence-electron chi connectivity index (χ4n) is 2.24. The first-order valence-corrected chi connectivity index (χ1v) is 6.91. The van der Waals surface area contributed by atoms with Crippen molar-refractivity contribution in [2.75, 3.05) is 26.3 Å². The van der Waals surface area contributed by atoms with Gasteiger partial charge in [0, 0.05) is 25.7 Å². The van der Waals surface area contributed by atoms with E-state index in [2.05, 4.69) is 5.32 Å². The number of hydrogen-bond acceptors (Lipinski definition) is 2. The molecule has 0 radical (unpaired) electrons. The maximum Gasteiger partial charge on any atom is 0.317 e. The second-order valence-electron chi connectivity index (χ2n) is 4.56. The molecule has 0 saturated heterocycles. The molecule has 0 aliphatic heterocycles. The minimum Gasteiger partial charge on any atom is -0.380 e. The first-order valence-electron chi connectivity index (χ1n) is 6.91. The highest BCUT2D eigenvalue weighted by Gasteiger charge is 2.18. The fraction of sp³-hybridized carbons (Fsp3) is 0.923. The largest absolute Gasteiger partial charge is 0.380 e. The van der Waals surface area contributed by atoms with Crippen LogP contribution in [-0.2, 0) is 4.74 Å². The molecule has 0 heterocycles. The van der Waals surface area contributed by atoms with Crippen molar-refractivity contribution in [3.05, 3.63) is 0 Å². The molecule has 0 aromatic carbocycles. The lowest BCUT2D eigenvalue weighted by Gasteiger charge is -2.27. The molecule has 1 aliphatic rings. The average Bonchev–Trinajstić information content (AvgIpc) is 2.36. The molecule has 0 spiro atoms. The zero-order chi connectivity index (χ0) is 12.5. The zero-order valence-electron chi connectivity index (χ0n) is 11.2. The van der Waals surface area contributed by atoms with E-state index in [1.807, 2.05) is 18.7 Å². The van der Waals surface area contributed by atoms with Crippen LogP contribution in [-0.4, -0.2) is 43.3 Å². The van der Waals surface area contributed by atoms with Crippen LogP contribution in [0.2, 0.25) is 0 Å². The quantitative estimate of drug-likeness (QED) is 0.727. The molecule has 4 heteroatoms. The first-order chi connectivity index (χ1) is 8.27. The van der Waals surface area contributed by atoms with E-state index in [1.165, 1.54) is 19.3 Å². The van der Waals surface area contributed by atoms with Crippen molar-refractivity contribution in [2.45, 2.75) is 52.0 Å². The van der Waals surface area contributed by atoms with Crippen LogP contribution in [0.1, 0.15) is 46.0 Å². The molecular weight excluding hydrogens is 216 g/mol. The summed E-state index contributed by atoms with van der Waals surface area (Å²) in [6.07, 6.45) is 6.07. The second kappa shape index (κ2) is 8.34. The third-order valence-electron chi connectivity index (χ3n) is 3.31. The lowest BCUT2D eigenvalue weighted by molar-refractivity contribution is 0.119. The maximum atomic E-state index is 12.0. The monoisotopic (exact) mass is 242 g/mol. The normalized spacial score (nSPS) is 16.8. The Morgan fingerprint density at radius 1 is 1.29 bits per heavy atom. The Bertz CT molecular complexity index is 215. The van der Waals surface area contributed by atoms with Crippen LogP contribution in [0.3, 0.4) is 0 Å². The van der Waals surface area contributed by atoms with Crippen molar-refractivity contribution in [2.24, 2.45) is 0 Å². The molecule has 1 N–H and O–H groups in total. The van der Waals surface area contributed by atoms with Crippen molar-refractivity contribution in [3.63, 3.8) is 0 Å². The van der Waals surface area contributed by atoms with Gasteiger partial charge in [-0.25, -0.2) is 4.79 Å². The Kier molecular flexibility index (Phi) is 7.01. The van der Waals surface area contributed by atoms with Crippen LogP contribution in [0.4, 0.5) is 4.79 Å². The van der Waals surface area contributed by atoms with Gasteiger partial charge in [-0.2, -0.15) is 0 Å². The van der Waals surface area contributed by atoms with Crippen molar-refractivity contribution in [3.8, 4) is 0 Å². The minimum absolute atomic E-state index is 0.0686. The van der Waals surface area contributed by atoms with Gasteiger partial charge in [0.25, 0.3) is 0 Å². The summed E-state index contributed by atoms with van der Waals surface area (Å²) >= 11 is 0. The summed E-state index contributed by atoms with van der Waals surface area (Å²) in [5.41, 5.74) is 0. The van der Waals surface area contributed by atoms with Crippen LogP contribution < -0.4 is 5.32 Å². The third-order valence-corrected chi connectivity index (χ3v) is 3.31. The molecule has 100 valence electrons. The molecule has 0 aromatic rings. The average molecular weight is 242 g/mol. The van der Waals surface area contributed by atoms with Gasteiger partial charge >= 0.3 is 6.03 Å². The summed E-state index contributed by atoms with van der Waals surface area (Å²) in [5, 5.41) is 3.13. The summed E-state index contributed by atoms with van der Waals surface area (Å²) in [6, 6.07) is 0.455. The maximum absolute atomic E-state index is 12.0. The molecule has 1 aliphatic carbocycles. The molecule has 0 unspecified atom stereocenters. The molecule has 0 aromatic heterocycles. The summed E-state index contributed by atoms with van der Waals surface area (Å²) in [6.45, 7) is 6.74. The molecule has 2 amide bonds. The third kappa shape index (κ3) is 5.39. The highest BCUT2D eigenvalue weighted by Crippen LogP contribution is 2.17. The highest BCUT2D eigenvalue weighted by molar-refractivity contribution is 5.74. The van der Waals surface area contributed by atoms with Gasteiger partial charge < -0.3 is 15.0 Å². The predicted molar refractivity (Wildman–Crippen MR) is 69.1 cm³/mol. The Balaban J connectivity index is 2.26. The summed E-state index contributed by atoms with van der Waals surface area (Å²) in [7, 11) is 0. The van der Waals surface area contributed by atoms with Gasteiger partial charge in [-0.15, -0.1) is 0 Å². The Labute approximate surface area is 105 Å². The van der Waals surface area contributed by atoms with Gasteiger partial charge in [0.2, 0.25) is 0 Å². The summed E-state index contributed by atoms with van der Waals surface area (Å²) < 4.78 is 5.28. The fourth-order valence-corrected chi connectivity index (χ4v) is 2.24. The minimum atomic E-state index is 0.0686. The number of carbonyl (C=O) groups excluding carboxylic acids is 1. The molecule has 0 bridgehead atoms. The zero-order valence-corrected chi connectivity index (χ0v) is 11.2. The standard InChI is InChI=1S/C13H26N2O2/c1-3-15(10-11-17-4-2)13(16)14-12-8-6-5-7-9-12/h12H,3-11H2,1-2H3,(H,14,16). The summed E-state index contributed by atoms with van der Waals surface area (Å²) in [4.78, 5) is 13.8. The number of amides is 2. The summed E-state index contributed by atoms with van der Waals surface area (Å²) in [5.74, 6) is 0. The van der Waals surface area contributed by atoms with E-state index in [4.69, 9.17) is 4.74 Å². The van der Waals surface area contributed by atoms with E-state index in [0.717, 1.165) is 19.4 Å². The smallest absolute Gasteiger partial charge is 0.317 e. The number of nitrogens with one attached hydrogen (secondary N) is 1. The Morgan fingerprint density at radius 3 is 2.59 bits per heavy atom. The Hall–Kier alpha value is -0.770. The molecular formula is C13H26N2O2. The van der Waals surface area contributed by atoms with Crippen LogP contribution >= 0.6 is 0 Å². The van der Waals surface area contributed by atoms with Gasteiger partial charge in [-0.05, 0) is 26.7 Å². The number of hydrogen-bond donors (Lipinski definition) is 1. The van der Waals surface area contributed by atoms with Gasteiger partial charge in [0.15, 0.2) is 0 Å². The molecule has 1 saturated carbocycles. The van der Waals surface area contributed by atoms with E-state index in [-0.39, 0.29) is 6.03 Å². The van der Waals surface area contributed by atoms with E-state index in [0.29, 0.717) is 25.8 Å². The Morgan fingerprint density at radius 2 is 2.00 bits per heavy atom. The van der Waals surface area contributed by atoms with Gasteiger partial charge in [-0.1, -0.05) is 19.3 Å². The van der Waals surface area contributed by atoms with Crippen LogP contribution in [0, 0.1) is 0 Å². The first kappa shape index (κ1) is 14.3. The lowest BCUT2D eigenvalue weighted by Crippen LogP contribution is -2.46. The van der Waals surface area contributed by atoms with Crippen molar-refractivity contribution >= 4 is 6.03 Å². The number of ether oxygens (including phenoxy) is 1. The number of urea groups is 1. The van der Waals surface area contributed by atoms with E-state index < -0.39 is 0 Å². The topological polar surface area (TPSA) is 41.6 Å². The molecule has 1 rings (SSSR count). The molecule has 17 heavy (non-hydrogen) atoms. The number of rotatable bonds is 6. The number of carbonyl (C=O) groups is 1. The highest BCUT2D eigenvalue weighted by atomic mass is 16.5. The SMILES string of the molecule is CCOCCN(CC)C(=O)NC1CCCCC1. The van der Waals surface area contributed by atoms with Crippen molar-refractivity contribution in [1.82, 2.24) is 10.2 Å². The van der Waals surface area contributed by atoms with E-state index in [1.54, 1.807) is 0 Å². The number of likely N-dealkylation sites (N-methyl/N-ethyl adjacent to an activating group) is 1. The van der Waals surface area contributed by atoms with E-state index in [9.17, 15) is 4.79 Å². The number of nitrogens with zero attached hydrogens (tertiary/aromatic N) is 1. The predicted octanol–water partition coefficient (Wildman–Crippen LogP) is 2.39.